The SMILES string of the molecule is C[C@@H]1[C@H](C(=O)O)CCCN1C(=O)c1cccc(NC(=O)C2CCCCC2)c1. The summed E-state index contributed by atoms with van der Waals surface area (Å²) in [6.45, 7) is 2.35. The second kappa shape index (κ2) is 8.55. The van der Waals surface area contributed by atoms with Crippen molar-refractivity contribution in [3.05, 3.63) is 29.8 Å². The molecule has 2 amide bonds. The Morgan fingerprint density at radius 3 is 2.52 bits per heavy atom. The highest BCUT2D eigenvalue weighted by Gasteiger charge is 2.35. The van der Waals surface area contributed by atoms with E-state index >= 15 is 0 Å². The van der Waals surface area contributed by atoms with Gasteiger partial charge >= 0.3 is 5.97 Å². The Kier molecular flexibility index (Phi) is 6.14. The molecule has 0 unspecified atom stereocenters. The summed E-state index contributed by atoms with van der Waals surface area (Å²) in [6.07, 6.45) is 6.50. The zero-order chi connectivity index (χ0) is 19.4. The molecule has 1 heterocycles. The summed E-state index contributed by atoms with van der Waals surface area (Å²) in [5.41, 5.74) is 1.10. The average Bonchev–Trinajstić information content (AvgIpc) is 2.68. The first-order valence-corrected chi connectivity index (χ1v) is 9.92. The van der Waals surface area contributed by atoms with Gasteiger partial charge in [-0.1, -0.05) is 25.3 Å². The molecule has 0 spiro atoms. The molecule has 1 aliphatic heterocycles. The molecule has 6 heteroatoms. The Bertz CT molecular complexity index is 712. The van der Waals surface area contributed by atoms with Crippen molar-refractivity contribution < 1.29 is 19.5 Å². The van der Waals surface area contributed by atoms with Crippen molar-refractivity contribution in [2.75, 3.05) is 11.9 Å². The fourth-order valence-electron chi connectivity index (χ4n) is 4.26. The van der Waals surface area contributed by atoms with E-state index in [0.717, 1.165) is 25.7 Å². The molecule has 2 atom stereocenters. The third kappa shape index (κ3) is 4.49. The van der Waals surface area contributed by atoms with E-state index in [4.69, 9.17) is 0 Å². The van der Waals surface area contributed by atoms with Gasteiger partial charge in [0.25, 0.3) is 5.91 Å². The Morgan fingerprint density at radius 2 is 1.81 bits per heavy atom. The number of carboxylic acids is 1. The van der Waals surface area contributed by atoms with E-state index < -0.39 is 11.9 Å². The monoisotopic (exact) mass is 372 g/mol. The molecule has 146 valence electrons. The number of carbonyl (C=O) groups is 3. The first-order chi connectivity index (χ1) is 13.0. The number of anilines is 1. The van der Waals surface area contributed by atoms with Gasteiger partial charge in [-0.25, -0.2) is 0 Å². The van der Waals surface area contributed by atoms with E-state index in [1.54, 1.807) is 36.1 Å². The van der Waals surface area contributed by atoms with Gasteiger partial charge in [-0.15, -0.1) is 0 Å². The van der Waals surface area contributed by atoms with Crippen molar-refractivity contribution in [1.82, 2.24) is 4.90 Å². The second-order valence-corrected chi connectivity index (χ2v) is 7.73. The van der Waals surface area contributed by atoms with Crippen LogP contribution in [0.3, 0.4) is 0 Å². The molecule has 0 bridgehead atoms. The molecule has 1 aromatic rings. The maximum atomic E-state index is 12.9. The molecule has 3 rings (SSSR count). The summed E-state index contributed by atoms with van der Waals surface area (Å²) in [5, 5.41) is 12.3. The van der Waals surface area contributed by atoms with Crippen LogP contribution in [0.15, 0.2) is 24.3 Å². The van der Waals surface area contributed by atoms with E-state index in [2.05, 4.69) is 5.32 Å². The van der Waals surface area contributed by atoms with Crippen molar-refractivity contribution in [2.24, 2.45) is 11.8 Å². The minimum atomic E-state index is -0.853. The maximum Gasteiger partial charge on any atom is 0.308 e. The second-order valence-electron chi connectivity index (χ2n) is 7.73. The molecule has 0 aromatic heterocycles. The van der Waals surface area contributed by atoms with Gasteiger partial charge in [-0.05, 0) is 50.8 Å². The van der Waals surface area contributed by atoms with Crippen molar-refractivity contribution >= 4 is 23.5 Å². The van der Waals surface area contributed by atoms with Gasteiger partial charge in [0.05, 0.1) is 5.92 Å². The predicted octanol–water partition coefficient (Wildman–Crippen LogP) is 3.53. The number of amides is 2. The number of aliphatic carboxylic acids is 1. The Hall–Kier alpha value is -2.37. The molecular formula is C21H28N2O4. The molecule has 1 saturated heterocycles. The highest BCUT2D eigenvalue weighted by molar-refractivity contribution is 5.98. The van der Waals surface area contributed by atoms with Gasteiger partial charge in [0.15, 0.2) is 0 Å². The van der Waals surface area contributed by atoms with Crippen LogP contribution in [0.5, 0.6) is 0 Å². The zero-order valence-electron chi connectivity index (χ0n) is 15.8. The van der Waals surface area contributed by atoms with Crippen LogP contribution < -0.4 is 5.32 Å². The number of nitrogens with zero attached hydrogens (tertiary/aromatic N) is 1. The Labute approximate surface area is 159 Å². The first kappa shape index (κ1) is 19.4. The Morgan fingerprint density at radius 1 is 1.07 bits per heavy atom. The minimum absolute atomic E-state index is 0.0246. The number of rotatable bonds is 4. The van der Waals surface area contributed by atoms with E-state index in [-0.39, 0.29) is 23.8 Å². The van der Waals surface area contributed by atoms with Gasteiger partial charge in [0, 0.05) is 29.8 Å². The predicted molar refractivity (Wildman–Crippen MR) is 103 cm³/mol. The Balaban J connectivity index is 1.69. The van der Waals surface area contributed by atoms with Crippen LogP contribution >= 0.6 is 0 Å². The van der Waals surface area contributed by atoms with Crippen LogP contribution in [0, 0.1) is 11.8 Å². The third-order valence-corrected chi connectivity index (χ3v) is 5.92. The number of hydrogen-bond donors (Lipinski definition) is 2. The van der Waals surface area contributed by atoms with Crippen LogP contribution in [0.1, 0.15) is 62.2 Å². The number of carbonyl (C=O) groups excluding carboxylic acids is 2. The van der Waals surface area contributed by atoms with Crippen LogP contribution in [0.2, 0.25) is 0 Å². The van der Waals surface area contributed by atoms with Crippen LogP contribution in [-0.2, 0) is 9.59 Å². The largest absolute Gasteiger partial charge is 0.481 e. The van der Waals surface area contributed by atoms with Gasteiger partial charge in [-0.3, -0.25) is 14.4 Å². The molecular weight excluding hydrogens is 344 g/mol. The molecule has 2 N–H and O–H groups in total. The highest BCUT2D eigenvalue weighted by Crippen LogP contribution is 2.27. The third-order valence-electron chi connectivity index (χ3n) is 5.92. The van der Waals surface area contributed by atoms with Crippen molar-refractivity contribution in [3.63, 3.8) is 0 Å². The van der Waals surface area contributed by atoms with E-state index in [9.17, 15) is 19.5 Å². The molecule has 6 nitrogen and oxygen atoms in total. The lowest BCUT2D eigenvalue weighted by Crippen LogP contribution is -2.49. The summed E-state index contributed by atoms with van der Waals surface area (Å²) >= 11 is 0. The standard InChI is InChI=1S/C21H28N2O4/c1-14-18(21(26)27)11-6-12-23(14)20(25)16-9-5-10-17(13-16)22-19(24)15-7-3-2-4-8-15/h5,9-10,13-15,18H,2-4,6-8,11-12H2,1H3,(H,22,24)(H,26,27)/t14-,18-/m1/s1. The fourth-order valence-corrected chi connectivity index (χ4v) is 4.26. The van der Waals surface area contributed by atoms with E-state index in [1.165, 1.54) is 6.42 Å². The minimum Gasteiger partial charge on any atom is -0.481 e. The molecule has 2 fully saturated rings. The summed E-state index contributed by atoms with van der Waals surface area (Å²) in [5.74, 6) is -1.49. The van der Waals surface area contributed by atoms with Gasteiger partial charge < -0.3 is 15.3 Å². The molecule has 1 aromatic carbocycles. The smallest absolute Gasteiger partial charge is 0.308 e. The quantitative estimate of drug-likeness (QED) is 0.846. The fraction of sp³-hybridized carbons (Fsp3) is 0.571. The summed E-state index contributed by atoms with van der Waals surface area (Å²) in [7, 11) is 0. The molecule has 1 aliphatic carbocycles. The van der Waals surface area contributed by atoms with E-state index in [0.29, 0.717) is 30.6 Å². The number of benzene rings is 1. The molecule has 1 saturated carbocycles. The normalized spacial score (nSPS) is 23.7. The number of likely N-dealkylation sites (tertiary alicyclic amines) is 1. The average molecular weight is 372 g/mol. The first-order valence-electron chi connectivity index (χ1n) is 9.92. The lowest BCUT2D eigenvalue weighted by atomic mass is 9.88. The maximum absolute atomic E-state index is 12.9. The summed E-state index contributed by atoms with van der Waals surface area (Å²) in [6, 6.07) is 6.62. The lowest BCUT2D eigenvalue weighted by molar-refractivity contribution is -0.145. The molecule has 0 radical (unpaired) electrons. The van der Waals surface area contributed by atoms with Crippen LogP contribution in [0.25, 0.3) is 0 Å². The van der Waals surface area contributed by atoms with Crippen LogP contribution in [-0.4, -0.2) is 40.4 Å². The molecule has 2 aliphatic rings. The topological polar surface area (TPSA) is 86.7 Å². The summed E-state index contributed by atoms with van der Waals surface area (Å²) < 4.78 is 0. The van der Waals surface area contributed by atoms with Crippen molar-refractivity contribution in [1.29, 1.82) is 0 Å². The van der Waals surface area contributed by atoms with Crippen LogP contribution in [0.4, 0.5) is 5.69 Å². The number of hydrogen-bond acceptors (Lipinski definition) is 3. The number of carboxylic acid groups (broad SMARTS) is 1. The van der Waals surface area contributed by atoms with Gasteiger partial charge in [0.1, 0.15) is 0 Å². The summed E-state index contributed by atoms with van der Waals surface area (Å²) in [4.78, 5) is 38.4. The van der Waals surface area contributed by atoms with Gasteiger partial charge in [0.2, 0.25) is 5.91 Å². The zero-order valence-corrected chi connectivity index (χ0v) is 15.8. The molecule has 27 heavy (non-hydrogen) atoms. The van der Waals surface area contributed by atoms with E-state index in [1.807, 2.05) is 0 Å². The van der Waals surface area contributed by atoms with Gasteiger partial charge in [-0.2, -0.15) is 0 Å². The van der Waals surface area contributed by atoms with Crippen molar-refractivity contribution in [3.8, 4) is 0 Å². The van der Waals surface area contributed by atoms with Crippen molar-refractivity contribution in [2.45, 2.75) is 57.9 Å². The number of piperidine rings is 1. The highest BCUT2D eigenvalue weighted by atomic mass is 16.4. The lowest BCUT2D eigenvalue weighted by Gasteiger charge is -2.37. The number of nitrogens with one attached hydrogen (secondary N) is 1.